The lowest BCUT2D eigenvalue weighted by molar-refractivity contribution is -0.384. The molecule has 0 aromatic heterocycles. The van der Waals surface area contributed by atoms with Crippen molar-refractivity contribution in [1.82, 2.24) is 0 Å². The van der Waals surface area contributed by atoms with Crippen molar-refractivity contribution in [2.24, 2.45) is 0 Å². The normalized spacial score (nSPS) is 11.9. The second-order valence-electron chi connectivity index (χ2n) is 4.29. The molecule has 7 heteroatoms. The van der Waals surface area contributed by atoms with Crippen LogP contribution in [0.5, 0.6) is 0 Å². The van der Waals surface area contributed by atoms with E-state index in [0.717, 1.165) is 0 Å². The van der Waals surface area contributed by atoms with Crippen molar-refractivity contribution in [3.8, 4) is 0 Å². The van der Waals surface area contributed by atoms with Gasteiger partial charge in [-0.15, -0.1) is 0 Å². The van der Waals surface area contributed by atoms with Gasteiger partial charge in [-0.05, 0) is 25.5 Å². The Morgan fingerprint density at radius 1 is 1.53 bits per heavy atom. The number of rotatable bonds is 6. The molecule has 0 spiro atoms. The first kappa shape index (κ1) is 14.9. The molecule has 1 aromatic rings. The largest absolute Gasteiger partial charge is 0.477 e. The fourth-order valence-electron chi connectivity index (χ4n) is 1.70. The molecular formula is C12H16N2O5. The van der Waals surface area contributed by atoms with Gasteiger partial charge >= 0.3 is 11.7 Å². The monoisotopic (exact) mass is 268 g/mol. The number of aliphatic hydroxyl groups is 1. The molecule has 0 heterocycles. The van der Waals surface area contributed by atoms with Crippen LogP contribution in [0.2, 0.25) is 0 Å². The third-order valence-electron chi connectivity index (χ3n) is 2.72. The van der Waals surface area contributed by atoms with E-state index >= 15 is 0 Å². The van der Waals surface area contributed by atoms with E-state index < -0.39 is 22.7 Å². The minimum atomic E-state index is -1.34. The first-order valence-corrected chi connectivity index (χ1v) is 5.74. The van der Waals surface area contributed by atoms with Crippen LogP contribution in [0.4, 0.5) is 11.4 Å². The second kappa shape index (κ2) is 6.14. The fraction of sp³-hybridized carbons (Fsp3) is 0.417. The molecule has 0 bridgehead atoms. The quantitative estimate of drug-likeness (QED) is 0.598. The van der Waals surface area contributed by atoms with Crippen molar-refractivity contribution >= 4 is 17.3 Å². The molecule has 0 saturated carbocycles. The Hall–Kier alpha value is -2.15. The Labute approximate surface area is 110 Å². The van der Waals surface area contributed by atoms with Gasteiger partial charge in [-0.25, -0.2) is 4.79 Å². The number of aromatic carboxylic acids is 1. The van der Waals surface area contributed by atoms with Gasteiger partial charge in [-0.1, -0.05) is 6.07 Å². The van der Waals surface area contributed by atoms with Gasteiger partial charge in [0.05, 0.1) is 11.0 Å². The average molecular weight is 268 g/mol. The van der Waals surface area contributed by atoms with E-state index in [2.05, 4.69) is 0 Å². The molecule has 0 aliphatic heterocycles. The third-order valence-corrected chi connectivity index (χ3v) is 2.72. The van der Waals surface area contributed by atoms with Crippen LogP contribution >= 0.6 is 0 Å². The number of para-hydroxylation sites is 1. The highest BCUT2D eigenvalue weighted by atomic mass is 16.6. The van der Waals surface area contributed by atoms with E-state index in [9.17, 15) is 20.0 Å². The standard InChI is InChI=1S/C12H16N2O5/c1-8(15)6-7-13(2)10-5-3-4-9(12(16)17)11(10)14(18)19/h3-5,8,15H,6-7H2,1-2H3,(H,16,17). The zero-order chi connectivity index (χ0) is 14.6. The zero-order valence-corrected chi connectivity index (χ0v) is 10.7. The lowest BCUT2D eigenvalue weighted by atomic mass is 10.1. The van der Waals surface area contributed by atoms with Crippen molar-refractivity contribution < 1.29 is 19.9 Å². The van der Waals surface area contributed by atoms with Gasteiger partial charge in [0.15, 0.2) is 0 Å². The van der Waals surface area contributed by atoms with Crippen molar-refractivity contribution in [1.29, 1.82) is 0 Å². The minimum absolute atomic E-state index is 0.227. The molecule has 0 saturated heterocycles. The Balaban J connectivity index is 3.16. The molecule has 1 unspecified atom stereocenters. The number of hydrogen-bond donors (Lipinski definition) is 2. The smallest absolute Gasteiger partial charge is 0.342 e. The summed E-state index contributed by atoms with van der Waals surface area (Å²) in [6, 6.07) is 4.16. The predicted octanol–water partition coefficient (Wildman–Crippen LogP) is 1.50. The highest BCUT2D eigenvalue weighted by Gasteiger charge is 2.25. The SMILES string of the molecule is CC(O)CCN(C)c1cccc(C(=O)O)c1[N+](=O)[O-]. The number of nitrogens with zero attached hydrogens (tertiary/aromatic N) is 2. The average Bonchev–Trinajstić information content (AvgIpc) is 2.34. The second-order valence-corrected chi connectivity index (χ2v) is 4.29. The van der Waals surface area contributed by atoms with E-state index in [0.29, 0.717) is 13.0 Å². The van der Waals surface area contributed by atoms with Crippen LogP contribution in [-0.4, -0.2) is 40.8 Å². The molecule has 0 aliphatic rings. The van der Waals surface area contributed by atoms with Crippen molar-refractivity contribution in [2.45, 2.75) is 19.4 Å². The van der Waals surface area contributed by atoms with Crippen LogP contribution in [0, 0.1) is 10.1 Å². The summed E-state index contributed by atoms with van der Waals surface area (Å²) in [5.41, 5.74) is -0.542. The fourth-order valence-corrected chi connectivity index (χ4v) is 1.70. The highest BCUT2D eigenvalue weighted by Crippen LogP contribution is 2.31. The topological polar surface area (TPSA) is 104 Å². The molecule has 1 aromatic carbocycles. The maximum atomic E-state index is 11.1. The zero-order valence-electron chi connectivity index (χ0n) is 10.7. The molecule has 1 atom stereocenters. The van der Waals surface area contributed by atoms with Gasteiger partial charge < -0.3 is 15.1 Å². The van der Waals surface area contributed by atoms with Crippen LogP contribution < -0.4 is 4.90 Å². The van der Waals surface area contributed by atoms with Crippen LogP contribution in [0.1, 0.15) is 23.7 Å². The molecule has 0 radical (unpaired) electrons. The number of carbonyl (C=O) groups is 1. The third kappa shape index (κ3) is 3.65. The molecule has 7 nitrogen and oxygen atoms in total. The molecule has 104 valence electrons. The minimum Gasteiger partial charge on any atom is -0.477 e. The molecule has 2 N–H and O–H groups in total. The van der Waals surface area contributed by atoms with Crippen molar-refractivity contribution in [2.75, 3.05) is 18.5 Å². The predicted molar refractivity (Wildman–Crippen MR) is 69.6 cm³/mol. The number of benzene rings is 1. The Bertz CT molecular complexity index is 487. The van der Waals surface area contributed by atoms with Gasteiger partial charge in [0.1, 0.15) is 11.3 Å². The lowest BCUT2D eigenvalue weighted by Crippen LogP contribution is -2.23. The summed E-state index contributed by atoms with van der Waals surface area (Å²) >= 11 is 0. The Kier molecular flexibility index (Phi) is 4.82. The van der Waals surface area contributed by atoms with E-state index in [1.165, 1.54) is 18.2 Å². The summed E-state index contributed by atoms with van der Waals surface area (Å²) in [4.78, 5) is 22.9. The molecule has 1 rings (SSSR count). The molecular weight excluding hydrogens is 252 g/mol. The summed E-state index contributed by atoms with van der Waals surface area (Å²) in [7, 11) is 1.62. The summed E-state index contributed by atoms with van der Waals surface area (Å²) in [5, 5.41) is 29.2. The lowest BCUT2D eigenvalue weighted by Gasteiger charge is -2.20. The molecule has 0 fully saturated rings. The summed E-state index contributed by atoms with van der Waals surface area (Å²) in [6.07, 6.45) is -0.0885. The van der Waals surface area contributed by atoms with Crippen molar-refractivity contribution in [3.63, 3.8) is 0 Å². The summed E-state index contributed by atoms with van der Waals surface area (Å²) in [6.45, 7) is 2.01. The maximum Gasteiger partial charge on any atom is 0.342 e. The molecule has 0 amide bonds. The summed E-state index contributed by atoms with van der Waals surface area (Å²) < 4.78 is 0. The Morgan fingerprint density at radius 2 is 2.16 bits per heavy atom. The van der Waals surface area contributed by atoms with Gasteiger partial charge in [-0.3, -0.25) is 10.1 Å². The van der Waals surface area contributed by atoms with E-state index in [1.54, 1.807) is 18.9 Å². The summed E-state index contributed by atoms with van der Waals surface area (Å²) in [5.74, 6) is -1.34. The van der Waals surface area contributed by atoms with E-state index in [1.807, 2.05) is 0 Å². The molecule has 19 heavy (non-hydrogen) atoms. The number of carboxylic acids is 1. The molecule has 0 aliphatic carbocycles. The number of anilines is 1. The van der Waals surface area contributed by atoms with Crippen LogP contribution in [0.25, 0.3) is 0 Å². The van der Waals surface area contributed by atoms with Crippen LogP contribution in [0.3, 0.4) is 0 Å². The number of nitro benzene ring substituents is 1. The van der Waals surface area contributed by atoms with E-state index in [4.69, 9.17) is 5.11 Å². The Morgan fingerprint density at radius 3 is 2.63 bits per heavy atom. The van der Waals surface area contributed by atoms with Crippen molar-refractivity contribution in [3.05, 3.63) is 33.9 Å². The maximum absolute atomic E-state index is 11.1. The van der Waals surface area contributed by atoms with Gasteiger partial charge in [0.25, 0.3) is 0 Å². The first-order chi connectivity index (χ1) is 8.84. The number of hydrogen-bond acceptors (Lipinski definition) is 5. The van der Waals surface area contributed by atoms with E-state index in [-0.39, 0.29) is 11.3 Å². The number of nitro groups is 1. The van der Waals surface area contributed by atoms with Crippen LogP contribution in [0.15, 0.2) is 18.2 Å². The number of aliphatic hydroxyl groups excluding tert-OH is 1. The van der Waals surface area contributed by atoms with Gasteiger partial charge in [0.2, 0.25) is 0 Å². The van der Waals surface area contributed by atoms with Gasteiger partial charge in [0, 0.05) is 13.6 Å². The first-order valence-electron chi connectivity index (χ1n) is 5.74. The van der Waals surface area contributed by atoms with Gasteiger partial charge in [-0.2, -0.15) is 0 Å². The highest BCUT2D eigenvalue weighted by molar-refractivity contribution is 5.95. The number of carboxylic acid groups (broad SMARTS) is 1. The van der Waals surface area contributed by atoms with Crippen LogP contribution in [-0.2, 0) is 0 Å².